The third-order valence-corrected chi connectivity index (χ3v) is 4.38. The fourth-order valence-electron chi connectivity index (χ4n) is 3.04. The van der Waals surface area contributed by atoms with Crippen LogP contribution in [0.3, 0.4) is 0 Å². The average molecular weight is 365 g/mol. The fraction of sp³-hybridized carbons (Fsp3) is 0.389. The molecule has 1 unspecified atom stereocenters. The quantitative estimate of drug-likeness (QED) is 0.902. The minimum Gasteiger partial charge on any atom is -0.356 e. The molecule has 1 N–H and O–H groups in total. The van der Waals surface area contributed by atoms with E-state index in [9.17, 15) is 18.0 Å². The third kappa shape index (κ3) is 4.12. The first-order valence-corrected chi connectivity index (χ1v) is 8.26. The van der Waals surface area contributed by atoms with Crippen LogP contribution in [0.5, 0.6) is 0 Å². The van der Waals surface area contributed by atoms with Crippen LogP contribution in [-0.4, -0.2) is 29.0 Å². The number of hydrogen-bond donors (Lipinski definition) is 1. The monoisotopic (exact) mass is 365 g/mol. The molecule has 0 saturated carbocycles. The number of aryl methyl sites for hydroxylation is 1. The summed E-state index contributed by atoms with van der Waals surface area (Å²) in [5.74, 6) is -0.0821. The minimum absolute atomic E-state index is 0.0434. The summed E-state index contributed by atoms with van der Waals surface area (Å²) in [5.41, 5.74) is -1.19. The lowest BCUT2D eigenvalue weighted by Gasteiger charge is -2.32. The van der Waals surface area contributed by atoms with Gasteiger partial charge in [-0.25, -0.2) is 9.97 Å². The lowest BCUT2D eigenvalue weighted by Crippen LogP contribution is -2.41. The Morgan fingerprint density at radius 3 is 2.88 bits per heavy atom. The molecule has 5 nitrogen and oxygen atoms in total. The predicted molar refractivity (Wildman–Crippen MR) is 91.8 cm³/mol. The molecule has 2 heterocycles. The summed E-state index contributed by atoms with van der Waals surface area (Å²) < 4.78 is 47.4. The number of halogens is 3. The SMILES string of the molecule is [2H]c1c(NC(=O)C2CCCN(c3ccncn3)C2)ccc(C)c1C(F)(F)F. The molecule has 2 aromatic rings. The Hall–Kier alpha value is -2.64. The first-order valence-electron chi connectivity index (χ1n) is 8.76. The molecule has 1 fully saturated rings. The molecule has 1 aliphatic heterocycles. The van der Waals surface area contributed by atoms with E-state index in [0.29, 0.717) is 18.8 Å². The molecule has 1 atom stereocenters. The van der Waals surface area contributed by atoms with Crippen LogP contribution in [-0.2, 0) is 11.0 Å². The Kier molecular flexibility index (Phi) is 4.73. The largest absolute Gasteiger partial charge is 0.416 e. The van der Waals surface area contributed by atoms with E-state index in [1.54, 1.807) is 12.3 Å². The standard InChI is InChI=1S/C18H19F3N4O/c1-12-4-5-14(9-15(12)18(19,20)21)24-17(26)13-3-2-8-25(10-13)16-6-7-22-11-23-16/h4-7,9,11,13H,2-3,8,10H2,1H3,(H,24,26)/i9D. The van der Waals surface area contributed by atoms with Gasteiger partial charge in [0.05, 0.1) is 12.9 Å². The Balaban J connectivity index is 1.76. The molecule has 1 aromatic carbocycles. The minimum atomic E-state index is -4.64. The predicted octanol–water partition coefficient (Wildman–Crippen LogP) is 3.66. The summed E-state index contributed by atoms with van der Waals surface area (Å²) in [7, 11) is 0. The van der Waals surface area contributed by atoms with Gasteiger partial charge in [0.15, 0.2) is 0 Å². The zero-order valence-electron chi connectivity index (χ0n) is 15.2. The Labute approximate surface area is 150 Å². The third-order valence-electron chi connectivity index (χ3n) is 4.38. The molecule has 0 bridgehead atoms. The van der Waals surface area contributed by atoms with E-state index in [1.807, 2.05) is 4.90 Å². The van der Waals surface area contributed by atoms with Crippen LogP contribution < -0.4 is 10.2 Å². The van der Waals surface area contributed by atoms with Crippen LogP contribution in [0.2, 0.25) is 0 Å². The summed E-state index contributed by atoms with van der Waals surface area (Å²) in [6, 6.07) is 3.65. The van der Waals surface area contributed by atoms with Crippen molar-refractivity contribution >= 4 is 17.4 Å². The summed E-state index contributed by atoms with van der Waals surface area (Å²) in [6.07, 6.45) is -0.216. The van der Waals surface area contributed by atoms with Gasteiger partial charge in [-0.05, 0) is 43.5 Å². The summed E-state index contributed by atoms with van der Waals surface area (Å²) in [6.45, 7) is 2.45. The topological polar surface area (TPSA) is 58.1 Å². The number of hydrogen-bond acceptors (Lipinski definition) is 4. The van der Waals surface area contributed by atoms with Gasteiger partial charge in [0.2, 0.25) is 5.91 Å². The van der Waals surface area contributed by atoms with E-state index in [1.165, 1.54) is 25.4 Å². The second-order valence-corrected chi connectivity index (χ2v) is 6.27. The van der Waals surface area contributed by atoms with Crippen molar-refractivity contribution in [2.24, 2.45) is 5.92 Å². The van der Waals surface area contributed by atoms with Crippen LogP contribution in [0.15, 0.2) is 36.8 Å². The first-order chi connectivity index (χ1) is 12.8. The van der Waals surface area contributed by atoms with Gasteiger partial charge in [-0.2, -0.15) is 13.2 Å². The molecular formula is C18H19F3N4O. The van der Waals surface area contributed by atoms with Crippen molar-refractivity contribution in [2.75, 3.05) is 23.3 Å². The number of nitrogens with one attached hydrogen (secondary N) is 1. The lowest BCUT2D eigenvalue weighted by molar-refractivity contribution is -0.138. The van der Waals surface area contributed by atoms with E-state index < -0.39 is 23.7 Å². The molecule has 0 radical (unpaired) electrons. The summed E-state index contributed by atoms with van der Waals surface area (Å²) >= 11 is 0. The average Bonchev–Trinajstić information content (AvgIpc) is 2.64. The highest BCUT2D eigenvalue weighted by molar-refractivity contribution is 5.93. The molecule has 26 heavy (non-hydrogen) atoms. The van der Waals surface area contributed by atoms with Crippen molar-refractivity contribution in [1.29, 1.82) is 0 Å². The molecule has 0 aliphatic carbocycles. The van der Waals surface area contributed by atoms with Gasteiger partial charge in [0.1, 0.15) is 12.1 Å². The number of rotatable bonds is 3. The molecule has 138 valence electrons. The zero-order chi connectivity index (χ0) is 19.6. The van der Waals surface area contributed by atoms with Crippen molar-refractivity contribution in [3.63, 3.8) is 0 Å². The van der Waals surface area contributed by atoms with Crippen molar-refractivity contribution in [3.8, 4) is 0 Å². The zero-order valence-corrected chi connectivity index (χ0v) is 14.2. The van der Waals surface area contributed by atoms with Gasteiger partial charge < -0.3 is 10.2 Å². The second kappa shape index (κ2) is 7.31. The molecule has 0 spiro atoms. The first kappa shape index (κ1) is 16.8. The van der Waals surface area contributed by atoms with E-state index in [4.69, 9.17) is 1.37 Å². The number of anilines is 2. The summed E-state index contributed by atoms with van der Waals surface area (Å²) in [5, 5.41) is 2.51. The number of alkyl halides is 3. The molecular weight excluding hydrogens is 345 g/mol. The second-order valence-electron chi connectivity index (χ2n) is 6.27. The molecule has 8 heteroatoms. The fourth-order valence-corrected chi connectivity index (χ4v) is 3.04. The molecule has 3 rings (SSSR count). The van der Waals surface area contributed by atoms with Gasteiger partial charge in [-0.1, -0.05) is 6.07 Å². The molecule has 1 aliphatic rings. The van der Waals surface area contributed by atoms with Gasteiger partial charge >= 0.3 is 6.18 Å². The highest BCUT2D eigenvalue weighted by atomic mass is 19.4. The number of piperidine rings is 1. The Morgan fingerprint density at radius 1 is 1.38 bits per heavy atom. The Bertz CT molecular complexity index is 829. The van der Waals surface area contributed by atoms with Crippen LogP contribution in [0, 0.1) is 12.8 Å². The van der Waals surface area contributed by atoms with Crippen LogP contribution in [0.1, 0.15) is 25.3 Å². The van der Waals surface area contributed by atoms with Gasteiger partial charge in [0.25, 0.3) is 0 Å². The number of carbonyl (C=O) groups is 1. The number of aromatic nitrogens is 2. The number of nitrogens with zero attached hydrogens (tertiary/aromatic N) is 3. The van der Waals surface area contributed by atoms with Crippen molar-refractivity contribution in [3.05, 3.63) is 47.9 Å². The van der Waals surface area contributed by atoms with Gasteiger partial charge in [-0.3, -0.25) is 4.79 Å². The van der Waals surface area contributed by atoms with E-state index in [2.05, 4.69) is 15.3 Å². The van der Waals surface area contributed by atoms with E-state index in [0.717, 1.165) is 13.0 Å². The van der Waals surface area contributed by atoms with Crippen LogP contribution in [0.25, 0.3) is 0 Å². The maximum Gasteiger partial charge on any atom is 0.416 e. The van der Waals surface area contributed by atoms with Crippen molar-refractivity contribution < 1.29 is 19.3 Å². The maximum atomic E-state index is 13.2. The molecule has 1 amide bonds. The highest BCUT2D eigenvalue weighted by Gasteiger charge is 2.33. The molecule has 1 aromatic heterocycles. The normalized spacial score (nSPS) is 18.4. The van der Waals surface area contributed by atoms with Crippen LogP contribution >= 0.6 is 0 Å². The van der Waals surface area contributed by atoms with Crippen molar-refractivity contribution in [2.45, 2.75) is 25.9 Å². The number of benzene rings is 1. The highest BCUT2D eigenvalue weighted by Crippen LogP contribution is 2.33. The van der Waals surface area contributed by atoms with Crippen molar-refractivity contribution in [1.82, 2.24) is 9.97 Å². The number of carbonyl (C=O) groups excluding carboxylic acids is 1. The number of amides is 1. The van der Waals surface area contributed by atoms with Gasteiger partial charge in [0, 0.05) is 25.0 Å². The van der Waals surface area contributed by atoms with Gasteiger partial charge in [-0.15, -0.1) is 0 Å². The lowest BCUT2D eigenvalue weighted by atomic mass is 9.97. The summed E-state index contributed by atoms with van der Waals surface area (Å²) in [4.78, 5) is 22.6. The van der Waals surface area contributed by atoms with E-state index in [-0.39, 0.29) is 17.2 Å². The smallest absolute Gasteiger partial charge is 0.356 e. The Morgan fingerprint density at radius 2 is 2.19 bits per heavy atom. The van der Waals surface area contributed by atoms with E-state index >= 15 is 0 Å². The molecule has 1 saturated heterocycles. The maximum absolute atomic E-state index is 13.2. The van der Waals surface area contributed by atoms with Crippen LogP contribution in [0.4, 0.5) is 24.7 Å².